The second kappa shape index (κ2) is 10.8. The Morgan fingerprint density at radius 2 is 1.63 bits per heavy atom. The van der Waals surface area contributed by atoms with Crippen molar-refractivity contribution < 1.29 is 4.74 Å². The Bertz CT molecular complexity index is 1530. The summed E-state index contributed by atoms with van der Waals surface area (Å²) in [5, 5.41) is 7.36. The van der Waals surface area contributed by atoms with Crippen molar-refractivity contribution in [1.82, 2.24) is 19.5 Å². The summed E-state index contributed by atoms with van der Waals surface area (Å²) in [6.45, 7) is 9.82. The van der Waals surface area contributed by atoms with E-state index in [0.717, 1.165) is 79.7 Å². The van der Waals surface area contributed by atoms with Crippen LogP contribution in [0.25, 0.3) is 27.5 Å². The SMILES string of the molecule is CCCc1cc(N2CCN(CCOc3cccc4ccccc34)CC2)n2nc(C)c(-c3ccccc3)c2n1. The molecule has 6 rings (SSSR count). The van der Waals surface area contributed by atoms with Gasteiger partial charge in [0.15, 0.2) is 5.65 Å². The summed E-state index contributed by atoms with van der Waals surface area (Å²) in [4.78, 5) is 10.0. The number of nitrogens with zero attached hydrogens (tertiary/aromatic N) is 5. The van der Waals surface area contributed by atoms with Gasteiger partial charge in [0.1, 0.15) is 18.2 Å². The molecule has 5 aromatic rings. The van der Waals surface area contributed by atoms with E-state index in [-0.39, 0.29) is 0 Å². The van der Waals surface area contributed by atoms with Crippen LogP contribution in [0.5, 0.6) is 5.75 Å². The van der Waals surface area contributed by atoms with Gasteiger partial charge in [0, 0.05) is 55.4 Å². The normalized spacial score (nSPS) is 14.4. The first kappa shape index (κ1) is 24.4. The summed E-state index contributed by atoms with van der Waals surface area (Å²) in [6, 6.07) is 27.4. The lowest BCUT2D eigenvalue weighted by molar-refractivity contribution is 0.201. The largest absolute Gasteiger partial charge is 0.492 e. The zero-order valence-electron chi connectivity index (χ0n) is 22.3. The molecule has 1 aliphatic rings. The topological polar surface area (TPSA) is 45.9 Å². The van der Waals surface area contributed by atoms with Crippen molar-refractivity contribution in [1.29, 1.82) is 0 Å². The maximum absolute atomic E-state index is 6.21. The van der Waals surface area contributed by atoms with Gasteiger partial charge in [-0.25, -0.2) is 4.98 Å². The van der Waals surface area contributed by atoms with E-state index < -0.39 is 0 Å². The minimum absolute atomic E-state index is 0.687. The molecule has 1 fully saturated rings. The molecule has 0 amide bonds. The van der Waals surface area contributed by atoms with Crippen LogP contribution in [-0.2, 0) is 6.42 Å². The Labute approximate surface area is 224 Å². The standard InChI is InChI=1S/C32H35N5O/c1-3-10-27-23-30(37-32(33-27)31(24(2)34-37)26-12-5-4-6-13-26)36-19-17-35(18-20-36)21-22-38-29-16-9-14-25-11-7-8-15-28(25)29/h4-9,11-16,23H,3,10,17-22H2,1-2H3. The third kappa shape index (κ3) is 4.84. The quantitative estimate of drug-likeness (QED) is 0.258. The highest BCUT2D eigenvalue weighted by Crippen LogP contribution is 2.31. The molecule has 0 radical (unpaired) electrons. The predicted molar refractivity (Wildman–Crippen MR) is 155 cm³/mol. The lowest BCUT2D eigenvalue weighted by Crippen LogP contribution is -2.48. The monoisotopic (exact) mass is 505 g/mol. The summed E-state index contributed by atoms with van der Waals surface area (Å²) >= 11 is 0. The number of anilines is 1. The maximum atomic E-state index is 6.21. The first-order chi connectivity index (χ1) is 18.7. The number of hydrogen-bond acceptors (Lipinski definition) is 5. The van der Waals surface area contributed by atoms with Crippen molar-refractivity contribution in [2.24, 2.45) is 0 Å². The number of aryl methyl sites for hydroxylation is 2. The van der Waals surface area contributed by atoms with Crippen molar-refractivity contribution in [2.45, 2.75) is 26.7 Å². The highest BCUT2D eigenvalue weighted by Gasteiger charge is 2.23. The van der Waals surface area contributed by atoms with Crippen LogP contribution in [0, 0.1) is 6.92 Å². The van der Waals surface area contributed by atoms with Crippen molar-refractivity contribution in [3.63, 3.8) is 0 Å². The van der Waals surface area contributed by atoms with Crippen LogP contribution in [0.4, 0.5) is 5.82 Å². The predicted octanol–water partition coefficient (Wildman–Crippen LogP) is 6.01. The molecule has 194 valence electrons. The van der Waals surface area contributed by atoms with Gasteiger partial charge >= 0.3 is 0 Å². The molecule has 1 aliphatic heterocycles. The summed E-state index contributed by atoms with van der Waals surface area (Å²) in [7, 11) is 0. The number of benzene rings is 3. The molecule has 0 atom stereocenters. The minimum atomic E-state index is 0.687. The summed E-state index contributed by atoms with van der Waals surface area (Å²) in [5.74, 6) is 2.11. The van der Waals surface area contributed by atoms with Gasteiger partial charge in [0.2, 0.25) is 0 Å². The van der Waals surface area contributed by atoms with E-state index in [1.165, 1.54) is 16.3 Å². The fourth-order valence-corrected chi connectivity index (χ4v) is 5.52. The second-order valence-electron chi connectivity index (χ2n) is 10.1. The Morgan fingerprint density at radius 3 is 2.45 bits per heavy atom. The molecule has 0 N–H and O–H groups in total. The third-order valence-electron chi connectivity index (χ3n) is 7.48. The molecule has 0 unspecified atom stereocenters. The van der Waals surface area contributed by atoms with E-state index in [9.17, 15) is 0 Å². The molecule has 0 bridgehead atoms. The third-order valence-corrected chi connectivity index (χ3v) is 7.48. The van der Waals surface area contributed by atoms with Crippen LogP contribution in [0.2, 0.25) is 0 Å². The molecular weight excluding hydrogens is 470 g/mol. The number of ether oxygens (including phenoxy) is 1. The molecule has 6 heteroatoms. The van der Waals surface area contributed by atoms with Crippen LogP contribution < -0.4 is 9.64 Å². The average molecular weight is 506 g/mol. The van der Waals surface area contributed by atoms with E-state index in [2.05, 4.69) is 107 Å². The van der Waals surface area contributed by atoms with Gasteiger partial charge in [0.25, 0.3) is 0 Å². The molecule has 3 aromatic carbocycles. The fourth-order valence-electron chi connectivity index (χ4n) is 5.52. The van der Waals surface area contributed by atoms with Gasteiger partial charge in [-0.15, -0.1) is 0 Å². The van der Waals surface area contributed by atoms with Gasteiger partial charge in [-0.1, -0.05) is 80.1 Å². The van der Waals surface area contributed by atoms with Crippen LogP contribution in [0.15, 0.2) is 78.9 Å². The molecule has 38 heavy (non-hydrogen) atoms. The Balaban J connectivity index is 1.17. The van der Waals surface area contributed by atoms with Gasteiger partial charge < -0.3 is 9.64 Å². The van der Waals surface area contributed by atoms with E-state index in [4.69, 9.17) is 14.8 Å². The smallest absolute Gasteiger partial charge is 0.165 e. The first-order valence-corrected chi connectivity index (χ1v) is 13.7. The number of hydrogen-bond donors (Lipinski definition) is 0. The van der Waals surface area contributed by atoms with E-state index in [1.54, 1.807) is 0 Å². The van der Waals surface area contributed by atoms with Crippen LogP contribution in [0.3, 0.4) is 0 Å². The first-order valence-electron chi connectivity index (χ1n) is 13.7. The lowest BCUT2D eigenvalue weighted by Gasteiger charge is -2.36. The Morgan fingerprint density at radius 1 is 0.868 bits per heavy atom. The zero-order chi connectivity index (χ0) is 25.9. The second-order valence-corrected chi connectivity index (χ2v) is 10.1. The number of aromatic nitrogens is 3. The summed E-state index contributed by atoms with van der Waals surface area (Å²) in [6.07, 6.45) is 2.04. The fraction of sp³-hybridized carbons (Fsp3) is 0.312. The van der Waals surface area contributed by atoms with E-state index >= 15 is 0 Å². The zero-order valence-corrected chi connectivity index (χ0v) is 22.3. The maximum Gasteiger partial charge on any atom is 0.165 e. The number of piperazine rings is 1. The number of rotatable bonds is 8. The lowest BCUT2D eigenvalue weighted by atomic mass is 10.1. The molecule has 6 nitrogen and oxygen atoms in total. The van der Waals surface area contributed by atoms with Crippen molar-refractivity contribution >= 4 is 22.2 Å². The van der Waals surface area contributed by atoms with E-state index in [0.29, 0.717) is 6.61 Å². The molecule has 2 aromatic heterocycles. The van der Waals surface area contributed by atoms with Gasteiger partial charge in [-0.2, -0.15) is 9.61 Å². The van der Waals surface area contributed by atoms with Crippen molar-refractivity contribution in [2.75, 3.05) is 44.2 Å². The van der Waals surface area contributed by atoms with Gasteiger partial charge in [-0.05, 0) is 30.4 Å². The molecule has 1 saturated heterocycles. The molecular formula is C32H35N5O. The summed E-state index contributed by atoms with van der Waals surface area (Å²) in [5.41, 5.74) is 5.42. The molecule has 0 spiro atoms. The van der Waals surface area contributed by atoms with Gasteiger partial charge in [-0.3, -0.25) is 4.90 Å². The van der Waals surface area contributed by atoms with E-state index in [1.807, 2.05) is 0 Å². The summed E-state index contributed by atoms with van der Waals surface area (Å²) < 4.78 is 8.28. The van der Waals surface area contributed by atoms with Crippen molar-refractivity contribution in [3.05, 3.63) is 90.3 Å². The minimum Gasteiger partial charge on any atom is -0.492 e. The molecule has 3 heterocycles. The van der Waals surface area contributed by atoms with Gasteiger partial charge in [0.05, 0.1) is 5.69 Å². The highest BCUT2D eigenvalue weighted by molar-refractivity contribution is 5.88. The van der Waals surface area contributed by atoms with Crippen LogP contribution in [0.1, 0.15) is 24.7 Å². The number of fused-ring (bicyclic) bond motifs is 2. The Kier molecular flexibility index (Phi) is 6.97. The van der Waals surface area contributed by atoms with Crippen molar-refractivity contribution in [3.8, 4) is 16.9 Å². The van der Waals surface area contributed by atoms with Crippen LogP contribution in [-0.4, -0.2) is 58.8 Å². The molecule has 0 saturated carbocycles. The average Bonchev–Trinajstić information content (AvgIpc) is 3.29. The van der Waals surface area contributed by atoms with Crippen LogP contribution >= 0.6 is 0 Å². The highest BCUT2D eigenvalue weighted by atomic mass is 16.5. The Hall–Kier alpha value is -3.90. The molecule has 0 aliphatic carbocycles.